The van der Waals surface area contributed by atoms with Gasteiger partial charge in [0, 0.05) is 35.6 Å². The Bertz CT molecular complexity index is 809. The van der Waals surface area contributed by atoms with Gasteiger partial charge in [0.05, 0.1) is 11.5 Å². The number of carbonyl (C=O) groups excluding carboxylic acids is 1. The Morgan fingerprint density at radius 3 is 3.05 bits per heavy atom. The van der Waals surface area contributed by atoms with E-state index in [0.29, 0.717) is 17.2 Å². The highest BCUT2D eigenvalue weighted by Gasteiger charge is 2.13. The minimum atomic E-state index is -0.0887. The van der Waals surface area contributed by atoms with Gasteiger partial charge in [-0.3, -0.25) is 4.79 Å². The lowest BCUT2D eigenvalue weighted by Gasteiger charge is -2.07. The van der Waals surface area contributed by atoms with Crippen LogP contribution < -0.4 is 10.6 Å². The molecule has 0 saturated heterocycles. The molecule has 0 spiro atoms. The number of nitrogens with one attached hydrogen (secondary N) is 3. The summed E-state index contributed by atoms with van der Waals surface area (Å²) in [6.07, 6.45) is 1.84. The fraction of sp³-hybridized carbons (Fsp3) is 0.200. The minimum Gasteiger partial charge on any atom is -0.395 e. The largest absolute Gasteiger partial charge is 0.395 e. The number of hydrogen-bond acceptors (Lipinski definition) is 5. The summed E-state index contributed by atoms with van der Waals surface area (Å²) in [6.45, 7) is 0.478. The zero-order chi connectivity index (χ0) is 15.5. The first-order valence-corrected chi connectivity index (χ1v) is 7.69. The Balaban J connectivity index is 2.06. The van der Waals surface area contributed by atoms with Gasteiger partial charge in [0.2, 0.25) is 0 Å². The molecule has 0 atom stereocenters. The molecule has 0 aromatic carbocycles. The molecule has 1 amide bonds. The lowest BCUT2D eigenvalue weighted by molar-refractivity contribution is 0.0967. The SMILES string of the molecule is CNC(=O)c1ccc(-c2cc(NCCO)nc3[nH]ccc23)s1. The van der Waals surface area contributed by atoms with Gasteiger partial charge in [-0.2, -0.15) is 0 Å². The number of aliphatic hydroxyl groups is 1. The molecular formula is C15H16N4O2S. The Morgan fingerprint density at radius 1 is 1.41 bits per heavy atom. The molecule has 0 unspecified atom stereocenters. The van der Waals surface area contributed by atoms with Gasteiger partial charge in [-0.15, -0.1) is 11.3 Å². The molecule has 0 aliphatic heterocycles. The molecule has 22 heavy (non-hydrogen) atoms. The predicted octanol–water partition coefficient (Wildman–Crippen LogP) is 2.06. The number of aliphatic hydroxyl groups excluding tert-OH is 1. The molecule has 0 radical (unpaired) electrons. The molecule has 0 saturated carbocycles. The van der Waals surface area contributed by atoms with Crippen LogP contribution in [0.2, 0.25) is 0 Å². The van der Waals surface area contributed by atoms with Crippen molar-refractivity contribution >= 4 is 34.1 Å². The van der Waals surface area contributed by atoms with Crippen LogP contribution in [-0.2, 0) is 0 Å². The van der Waals surface area contributed by atoms with Gasteiger partial charge in [0.1, 0.15) is 11.5 Å². The fourth-order valence-electron chi connectivity index (χ4n) is 2.24. The minimum absolute atomic E-state index is 0.0413. The van der Waals surface area contributed by atoms with Crippen LogP contribution in [0.15, 0.2) is 30.5 Å². The normalized spacial score (nSPS) is 10.8. The van der Waals surface area contributed by atoms with Crippen molar-refractivity contribution in [2.75, 3.05) is 25.5 Å². The van der Waals surface area contributed by atoms with Crippen molar-refractivity contribution < 1.29 is 9.90 Å². The summed E-state index contributed by atoms with van der Waals surface area (Å²) in [5.74, 6) is 0.600. The van der Waals surface area contributed by atoms with Crippen LogP contribution >= 0.6 is 11.3 Å². The summed E-state index contributed by atoms with van der Waals surface area (Å²) in [5, 5.41) is 15.6. The Hall–Kier alpha value is -2.38. The van der Waals surface area contributed by atoms with Gasteiger partial charge in [-0.05, 0) is 24.3 Å². The number of anilines is 1. The number of carbonyl (C=O) groups is 1. The van der Waals surface area contributed by atoms with E-state index < -0.39 is 0 Å². The van der Waals surface area contributed by atoms with Crippen LogP contribution in [0.5, 0.6) is 0 Å². The van der Waals surface area contributed by atoms with Crippen LogP contribution in [0, 0.1) is 0 Å². The molecule has 3 heterocycles. The summed E-state index contributed by atoms with van der Waals surface area (Å²) in [6, 6.07) is 7.66. The number of aromatic nitrogens is 2. The number of H-pyrrole nitrogens is 1. The van der Waals surface area contributed by atoms with Crippen molar-refractivity contribution in [2.45, 2.75) is 0 Å². The van der Waals surface area contributed by atoms with Crippen LogP contribution in [0.1, 0.15) is 9.67 Å². The number of aromatic amines is 1. The van der Waals surface area contributed by atoms with E-state index in [1.807, 2.05) is 30.5 Å². The van der Waals surface area contributed by atoms with Gasteiger partial charge in [-0.1, -0.05) is 0 Å². The number of pyridine rings is 1. The van der Waals surface area contributed by atoms with Gasteiger partial charge in [0.15, 0.2) is 0 Å². The second-order valence-electron chi connectivity index (χ2n) is 4.69. The molecule has 114 valence electrons. The summed E-state index contributed by atoms with van der Waals surface area (Å²) in [5.41, 5.74) is 1.78. The Kier molecular flexibility index (Phi) is 4.08. The highest BCUT2D eigenvalue weighted by Crippen LogP contribution is 2.34. The number of thiophene rings is 1. The van der Waals surface area contributed by atoms with Gasteiger partial charge < -0.3 is 20.7 Å². The number of rotatable bonds is 5. The summed E-state index contributed by atoms with van der Waals surface area (Å²) in [7, 11) is 1.62. The molecule has 3 aromatic rings. The second-order valence-corrected chi connectivity index (χ2v) is 5.77. The zero-order valence-corrected chi connectivity index (χ0v) is 12.8. The van der Waals surface area contributed by atoms with Gasteiger partial charge in [0.25, 0.3) is 5.91 Å². The first-order chi connectivity index (χ1) is 10.7. The molecule has 0 aliphatic carbocycles. The van der Waals surface area contributed by atoms with Crippen molar-refractivity contribution in [2.24, 2.45) is 0 Å². The van der Waals surface area contributed by atoms with Crippen molar-refractivity contribution in [3.63, 3.8) is 0 Å². The zero-order valence-electron chi connectivity index (χ0n) is 12.0. The molecule has 0 fully saturated rings. The first-order valence-electron chi connectivity index (χ1n) is 6.88. The Labute approximate surface area is 131 Å². The van der Waals surface area contributed by atoms with E-state index in [9.17, 15) is 4.79 Å². The van der Waals surface area contributed by atoms with Crippen molar-refractivity contribution in [3.05, 3.63) is 35.3 Å². The summed E-state index contributed by atoms with van der Waals surface area (Å²) in [4.78, 5) is 21.0. The fourth-order valence-corrected chi connectivity index (χ4v) is 3.23. The average molecular weight is 316 g/mol. The van der Waals surface area contributed by atoms with E-state index in [4.69, 9.17) is 5.11 Å². The van der Waals surface area contributed by atoms with E-state index in [0.717, 1.165) is 21.5 Å². The van der Waals surface area contributed by atoms with E-state index in [1.54, 1.807) is 7.05 Å². The van der Waals surface area contributed by atoms with Crippen molar-refractivity contribution in [1.82, 2.24) is 15.3 Å². The van der Waals surface area contributed by atoms with E-state index in [1.165, 1.54) is 11.3 Å². The van der Waals surface area contributed by atoms with E-state index >= 15 is 0 Å². The monoisotopic (exact) mass is 316 g/mol. The lowest BCUT2D eigenvalue weighted by atomic mass is 10.1. The molecule has 0 bridgehead atoms. The lowest BCUT2D eigenvalue weighted by Crippen LogP contribution is -2.15. The smallest absolute Gasteiger partial charge is 0.261 e. The number of nitrogens with zero attached hydrogens (tertiary/aromatic N) is 1. The van der Waals surface area contributed by atoms with Crippen LogP contribution in [-0.4, -0.2) is 41.2 Å². The standard InChI is InChI=1S/C15H16N4O2S/c1-16-15(21)12-3-2-11(22-12)10-8-13(17-6-7-20)19-14-9(10)4-5-18-14/h2-5,8,20H,6-7H2,1H3,(H,16,21)(H2,17,18,19). The van der Waals surface area contributed by atoms with Crippen molar-refractivity contribution in [1.29, 1.82) is 0 Å². The maximum Gasteiger partial charge on any atom is 0.261 e. The predicted molar refractivity (Wildman–Crippen MR) is 88.4 cm³/mol. The molecule has 3 aromatic heterocycles. The maximum absolute atomic E-state index is 11.7. The quantitative estimate of drug-likeness (QED) is 0.580. The average Bonchev–Trinajstić information content (AvgIpc) is 3.20. The van der Waals surface area contributed by atoms with E-state index in [2.05, 4.69) is 20.6 Å². The van der Waals surface area contributed by atoms with Crippen LogP contribution in [0.4, 0.5) is 5.82 Å². The summed E-state index contributed by atoms with van der Waals surface area (Å²) >= 11 is 1.44. The molecule has 4 N–H and O–H groups in total. The van der Waals surface area contributed by atoms with Crippen LogP contribution in [0.25, 0.3) is 21.5 Å². The second kappa shape index (κ2) is 6.17. The molecular weight excluding hydrogens is 300 g/mol. The van der Waals surface area contributed by atoms with Crippen LogP contribution in [0.3, 0.4) is 0 Å². The highest BCUT2D eigenvalue weighted by molar-refractivity contribution is 7.17. The molecule has 3 rings (SSSR count). The van der Waals surface area contributed by atoms with Gasteiger partial charge >= 0.3 is 0 Å². The third-order valence-electron chi connectivity index (χ3n) is 3.27. The third kappa shape index (κ3) is 2.68. The summed E-state index contributed by atoms with van der Waals surface area (Å²) < 4.78 is 0. The number of fused-ring (bicyclic) bond motifs is 1. The number of hydrogen-bond donors (Lipinski definition) is 4. The molecule has 0 aliphatic rings. The Morgan fingerprint density at radius 2 is 2.27 bits per heavy atom. The third-order valence-corrected chi connectivity index (χ3v) is 4.39. The topological polar surface area (TPSA) is 90.0 Å². The first kappa shape index (κ1) is 14.6. The van der Waals surface area contributed by atoms with Crippen molar-refractivity contribution in [3.8, 4) is 10.4 Å². The molecule has 7 heteroatoms. The number of amides is 1. The highest BCUT2D eigenvalue weighted by atomic mass is 32.1. The molecule has 6 nitrogen and oxygen atoms in total. The van der Waals surface area contributed by atoms with Gasteiger partial charge in [-0.25, -0.2) is 4.98 Å². The maximum atomic E-state index is 11.7. The van der Waals surface area contributed by atoms with E-state index in [-0.39, 0.29) is 12.5 Å².